The van der Waals surface area contributed by atoms with Gasteiger partial charge in [0.1, 0.15) is 10.6 Å². The van der Waals surface area contributed by atoms with Gasteiger partial charge in [0.05, 0.1) is 22.6 Å². The smallest absolute Gasteiger partial charge is 0.264 e. The Labute approximate surface area is 168 Å². The lowest BCUT2D eigenvalue weighted by atomic mass is 10.2. The monoisotopic (exact) mass is 433 g/mol. The van der Waals surface area contributed by atoms with Crippen LogP contribution in [0.3, 0.4) is 0 Å². The molecule has 1 fully saturated rings. The molecule has 0 bridgehead atoms. The Morgan fingerprint density at radius 3 is 2.69 bits per heavy atom. The van der Waals surface area contributed by atoms with Gasteiger partial charge in [0.15, 0.2) is 0 Å². The number of benzene rings is 2. The highest BCUT2D eigenvalue weighted by atomic mass is 32.2. The summed E-state index contributed by atoms with van der Waals surface area (Å²) < 4.78 is 53.9. The number of aromatic nitrogens is 1. The Kier molecular flexibility index (Phi) is 4.62. The van der Waals surface area contributed by atoms with Crippen LogP contribution in [-0.2, 0) is 20.0 Å². The molecule has 2 N–H and O–H groups in total. The molecule has 8 nitrogen and oxygen atoms in total. The molecule has 0 atom stereocenters. The Bertz CT molecular complexity index is 1320. The van der Waals surface area contributed by atoms with E-state index in [0.29, 0.717) is 29.6 Å². The molecule has 0 amide bonds. The van der Waals surface area contributed by atoms with E-state index >= 15 is 0 Å². The molecule has 0 spiro atoms. The van der Waals surface area contributed by atoms with Crippen LogP contribution in [0.2, 0.25) is 0 Å². The van der Waals surface area contributed by atoms with Crippen molar-refractivity contribution in [2.45, 2.75) is 18.2 Å². The Morgan fingerprint density at radius 2 is 1.97 bits per heavy atom. The molecule has 0 saturated carbocycles. The number of sulfonamides is 2. The number of aromatic hydroxyl groups is 1. The fourth-order valence-electron chi connectivity index (χ4n) is 3.35. The molecule has 0 unspecified atom stereocenters. The van der Waals surface area contributed by atoms with Gasteiger partial charge in [-0.05, 0) is 49.2 Å². The van der Waals surface area contributed by atoms with Crippen molar-refractivity contribution in [3.05, 3.63) is 54.2 Å². The third-order valence-corrected chi connectivity index (χ3v) is 7.98. The van der Waals surface area contributed by atoms with Crippen LogP contribution in [0.5, 0.6) is 5.75 Å². The summed E-state index contributed by atoms with van der Waals surface area (Å²) in [6.45, 7) is 2.17. The maximum atomic E-state index is 13.0. The Morgan fingerprint density at radius 1 is 1.17 bits per heavy atom. The van der Waals surface area contributed by atoms with Crippen LogP contribution in [-0.4, -0.2) is 39.2 Å². The van der Waals surface area contributed by atoms with Crippen LogP contribution < -0.4 is 9.03 Å². The average Bonchev–Trinajstić information content (AvgIpc) is 3.01. The van der Waals surface area contributed by atoms with E-state index in [1.807, 2.05) is 13.0 Å². The minimum Gasteiger partial charge on any atom is -0.506 e. The lowest BCUT2D eigenvalue weighted by Crippen LogP contribution is -2.25. The van der Waals surface area contributed by atoms with E-state index in [-0.39, 0.29) is 22.1 Å². The second-order valence-electron chi connectivity index (χ2n) is 6.89. The number of hydrogen-bond acceptors (Lipinski definition) is 6. The van der Waals surface area contributed by atoms with Gasteiger partial charge in [-0.1, -0.05) is 12.1 Å². The van der Waals surface area contributed by atoms with Gasteiger partial charge < -0.3 is 5.11 Å². The number of phenols is 1. The molecule has 2 heterocycles. The first kappa shape index (κ1) is 19.5. The largest absolute Gasteiger partial charge is 0.506 e. The maximum Gasteiger partial charge on any atom is 0.264 e. The summed E-state index contributed by atoms with van der Waals surface area (Å²) in [6.07, 6.45) is 2.07. The first-order valence-electron chi connectivity index (χ1n) is 8.89. The summed E-state index contributed by atoms with van der Waals surface area (Å²) in [6, 6.07) is 10.7. The highest BCUT2D eigenvalue weighted by Gasteiger charge is 2.29. The third-order valence-electron chi connectivity index (χ3n) is 4.71. The SMILES string of the molecule is Cc1cnc2c(S(=O)(=O)Nc3cc(N4CCCS4(=O)=O)ccc3O)cccc2c1. The van der Waals surface area contributed by atoms with Crippen molar-refractivity contribution in [2.75, 3.05) is 21.3 Å². The minimum atomic E-state index is -4.08. The van der Waals surface area contributed by atoms with Crippen LogP contribution in [0, 0.1) is 6.92 Å². The number of pyridine rings is 1. The molecule has 29 heavy (non-hydrogen) atoms. The topological polar surface area (TPSA) is 117 Å². The van der Waals surface area contributed by atoms with E-state index in [9.17, 15) is 21.9 Å². The molecule has 0 radical (unpaired) electrons. The summed E-state index contributed by atoms with van der Waals surface area (Å²) in [7, 11) is -7.52. The summed E-state index contributed by atoms with van der Waals surface area (Å²) in [5.41, 5.74) is 1.40. The van der Waals surface area contributed by atoms with Crippen molar-refractivity contribution in [3.63, 3.8) is 0 Å². The number of phenolic OH excluding ortho intramolecular Hbond substituents is 1. The number of nitrogens with zero attached hydrogens (tertiary/aromatic N) is 2. The van der Waals surface area contributed by atoms with Crippen molar-refractivity contribution < 1.29 is 21.9 Å². The summed E-state index contributed by atoms with van der Waals surface area (Å²) >= 11 is 0. The fourth-order valence-corrected chi connectivity index (χ4v) is 6.15. The van der Waals surface area contributed by atoms with Crippen molar-refractivity contribution in [1.82, 2.24) is 4.98 Å². The van der Waals surface area contributed by atoms with Crippen molar-refractivity contribution in [1.29, 1.82) is 0 Å². The Balaban J connectivity index is 1.75. The minimum absolute atomic E-state index is 0.0337. The van der Waals surface area contributed by atoms with E-state index in [4.69, 9.17) is 0 Å². The first-order valence-corrected chi connectivity index (χ1v) is 12.0. The zero-order valence-corrected chi connectivity index (χ0v) is 17.2. The standard InChI is InChI=1S/C19H19N3O5S2/c1-13-10-14-4-2-5-18(19(14)20-12-13)29(26,27)21-16-11-15(6-7-17(16)23)22-8-3-9-28(22,24)25/h2,4-7,10-12,21,23H,3,8-9H2,1H3. The number of aryl methyl sites for hydroxylation is 1. The van der Waals surface area contributed by atoms with Crippen LogP contribution in [0.15, 0.2) is 53.6 Å². The summed E-state index contributed by atoms with van der Waals surface area (Å²) in [5, 5.41) is 10.8. The van der Waals surface area contributed by atoms with Crippen molar-refractivity contribution >= 4 is 42.3 Å². The van der Waals surface area contributed by atoms with Gasteiger partial charge >= 0.3 is 0 Å². The molecule has 1 aromatic heterocycles. The van der Waals surface area contributed by atoms with Gasteiger partial charge in [-0.15, -0.1) is 0 Å². The first-order chi connectivity index (χ1) is 13.7. The molecular formula is C19H19N3O5S2. The molecule has 1 aliphatic heterocycles. The predicted molar refractivity (Wildman–Crippen MR) is 111 cm³/mol. The second-order valence-corrected chi connectivity index (χ2v) is 10.6. The average molecular weight is 434 g/mol. The third kappa shape index (κ3) is 3.60. The molecule has 4 rings (SSSR count). The highest BCUT2D eigenvalue weighted by Crippen LogP contribution is 2.34. The van der Waals surface area contributed by atoms with Crippen molar-refractivity contribution in [3.8, 4) is 5.75 Å². The summed E-state index contributed by atoms with van der Waals surface area (Å²) in [5.74, 6) is -0.270. The predicted octanol–water partition coefficient (Wildman–Crippen LogP) is 2.59. The van der Waals surface area contributed by atoms with Crippen LogP contribution >= 0.6 is 0 Å². The number of nitrogens with one attached hydrogen (secondary N) is 1. The van der Waals surface area contributed by atoms with Crippen molar-refractivity contribution in [2.24, 2.45) is 0 Å². The number of rotatable bonds is 4. The lowest BCUT2D eigenvalue weighted by molar-refractivity contribution is 0.477. The van der Waals surface area contributed by atoms with Gasteiger partial charge in [-0.3, -0.25) is 14.0 Å². The van der Waals surface area contributed by atoms with E-state index in [0.717, 1.165) is 5.56 Å². The molecule has 0 aliphatic carbocycles. The molecule has 3 aromatic rings. The molecule has 2 aromatic carbocycles. The van der Waals surface area contributed by atoms with Crippen LogP contribution in [0.1, 0.15) is 12.0 Å². The molecular weight excluding hydrogens is 414 g/mol. The maximum absolute atomic E-state index is 13.0. The molecule has 152 valence electrons. The van der Waals surface area contributed by atoms with Crippen LogP contribution in [0.4, 0.5) is 11.4 Å². The van der Waals surface area contributed by atoms with Crippen LogP contribution in [0.25, 0.3) is 10.9 Å². The highest BCUT2D eigenvalue weighted by molar-refractivity contribution is 7.93. The number of fused-ring (bicyclic) bond motifs is 1. The van der Waals surface area contributed by atoms with Gasteiger partial charge in [-0.25, -0.2) is 16.8 Å². The Hall–Kier alpha value is -2.85. The second kappa shape index (κ2) is 6.89. The molecule has 1 aliphatic rings. The number of hydrogen-bond donors (Lipinski definition) is 2. The van der Waals surface area contributed by atoms with E-state index in [2.05, 4.69) is 9.71 Å². The van der Waals surface area contributed by atoms with Gasteiger partial charge in [-0.2, -0.15) is 0 Å². The zero-order chi connectivity index (χ0) is 20.8. The van der Waals surface area contributed by atoms with Gasteiger partial charge in [0, 0.05) is 18.1 Å². The molecule has 10 heteroatoms. The van der Waals surface area contributed by atoms with Gasteiger partial charge in [0.25, 0.3) is 10.0 Å². The fraction of sp³-hybridized carbons (Fsp3) is 0.211. The molecule has 1 saturated heterocycles. The lowest BCUT2D eigenvalue weighted by Gasteiger charge is -2.19. The quantitative estimate of drug-likeness (QED) is 0.611. The van der Waals surface area contributed by atoms with E-state index in [1.54, 1.807) is 18.3 Å². The summed E-state index contributed by atoms with van der Waals surface area (Å²) in [4.78, 5) is 4.21. The van der Waals surface area contributed by atoms with Gasteiger partial charge in [0.2, 0.25) is 10.0 Å². The van der Waals surface area contributed by atoms with E-state index in [1.165, 1.54) is 28.6 Å². The van der Waals surface area contributed by atoms with E-state index < -0.39 is 20.0 Å². The normalized spacial score (nSPS) is 16.2. The zero-order valence-electron chi connectivity index (χ0n) is 15.5. The number of anilines is 2. The number of para-hydroxylation sites is 1.